The Balaban J connectivity index is 2.36. The lowest BCUT2D eigenvalue weighted by Crippen LogP contribution is -2.33. The summed E-state index contributed by atoms with van der Waals surface area (Å²) < 4.78 is 5.74. The predicted octanol–water partition coefficient (Wildman–Crippen LogP) is 2.05. The number of rotatable bonds is 3. The average Bonchev–Trinajstić information content (AvgIpc) is 2.40. The molecule has 2 rings (SSSR count). The Morgan fingerprint density at radius 2 is 2.06 bits per heavy atom. The molecule has 1 saturated carbocycles. The Kier molecular flexibility index (Phi) is 3.74. The largest absolute Gasteiger partial charge is 0.370 e. The maximum Gasteiger partial charge on any atom is 0.160 e. The summed E-state index contributed by atoms with van der Waals surface area (Å²) in [6.45, 7) is 2.45. The highest BCUT2D eigenvalue weighted by Crippen LogP contribution is 2.38. The van der Waals surface area contributed by atoms with Gasteiger partial charge in [-0.2, -0.15) is 0 Å². The monoisotopic (exact) mass is 235 g/mol. The Morgan fingerprint density at radius 1 is 1.35 bits per heavy atom. The van der Waals surface area contributed by atoms with Crippen LogP contribution in [-0.2, 0) is 16.9 Å². The van der Waals surface area contributed by atoms with Gasteiger partial charge in [0.2, 0.25) is 0 Å². The van der Waals surface area contributed by atoms with Gasteiger partial charge >= 0.3 is 0 Å². The van der Waals surface area contributed by atoms with Crippen LogP contribution in [-0.4, -0.2) is 17.1 Å². The SMILES string of the molecule is COC1(c2ncc(C)c(CN)n2)CCCCC1. The Hall–Kier alpha value is -1.00. The van der Waals surface area contributed by atoms with Crippen molar-refractivity contribution in [2.75, 3.05) is 7.11 Å². The third-order valence-electron chi connectivity index (χ3n) is 3.73. The van der Waals surface area contributed by atoms with E-state index in [9.17, 15) is 0 Å². The van der Waals surface area contributed by atoms with E-state index in [1.165, 1.54) is 19.3 Å². The molecule has 94 valence electrons. The zero-order valence-electron chi connectivity index (χ0n) is 10.7. The second-order valence-electron chi connectivity index (χ2n) is 4.79. The standard InChI is InChI=1S/C13H21N3O/c1-10-9-15-12(16-11(10)8-14)13(17-2)6-4-3-5-7-13/h9H,3-8,14H2,1-2H3. The molecule has 0 radical (unpaired) electrons. The molecule has 1 aliphatic carbocycles. The predicted molar refractivity (Wildman–Crippen MR) is 66.4 cm³/mol. The summed E-state index contributed by atoms with van der Waals surface area (Å²) in [6.07, 6.45) is 7.53. The molecule has 0 aromatic carbocycles. The summed E-state index contributed by atoms with van der Waals surface area (Å²) >= 11 is 0. The van der Waals surface area contributed by atoms with Gasteiger partial charge in [-0.05, 0) is 25.3 Å². The van der Waals surface area contributed by atoms with Crippen molar-refractivity contribution >= 4 is 0 Å². The van der Waals surface area contributed by atoms with Crippen molar-refractivity contribution in [1.29, 1.82) is 0 Å². The molecule has 1 aromatic rings. The van der Waals surface area contributed by atoms with Crippen LogP contribution in [0.15, 0.2) is 6.20 Å². The van der Waals surface area contributed by atoms with Crippen LogP contribution in [0.3, 0.4) is 0 Å². The van der Waals surface area contributed by atoms with Crippen LogP contribution in [0.4, 0.5) is 0 Å². The molecule has 1 fully saturated rings. The molecular formula is C13H21N3O. The van der Waals surface area contributed by atoms with Crippen molar-refractivity contribution in [2.24, 2.45) is 5.73 Å². The minimum absolute atomic E-state index is 0.282. The van der Waals surface area contributed by atoms with Crippen molar-refractivity contribution in [2.45, 2.75) is 51.2 Å². The summed E-state index contributed by atoms with van der Waals surface area (Å²) in [5.74, 6) is 0.811. The van der Waals surface area contributed by atoms with E-state index < -0.39 is 0 Å². The number of hydrogen-bond donors (Lipinski definition) is 1. The average molecular weight is 235 g/mol. The summed E-state index contributed by atoms with van der Waals surface area (Å²) in [7, 11) is 1.76. The van der Waals surface area contributed by atoms with E-state index >= 15 is 0 Å². The number of nitrogens with zero attached hydrogens (tertiary/aromatic N) is 2. The van der Waals surface area contributed by atoms with Gasteiger partial charge in [0, 0.05) is 19.9 Å². The van der Waals surface area contributed by atoms with E-state index in [1.807, 2.05) is 13.1 Å². The van der Waals surface area contributed by atoms with Crippen LogP contribution in [0.25, 0.3) is 0 Å². The first-order valence-electron chi connectivity index (χ1n) is 6.30. The normalized spacial score (nSPS) is 19.2. The van der Waals surface area contributed by atoms with Gasteiger partial charge in [0.1, 0.15) is 5.60 Å². The fourth-order valence-electron chi connectivity index (χ4n) is 2.55. The lowest BCUT2D eigenvalue weighted by atomic mass is 9.84. The molecule has 17 heavy (non-hydrogen) atoms. The van der Waals surface area contributed by atoms with Gasteiger partial charge in [-0.1, -0.05) is 19.3 Å². The van der Waals surface area contributed by atoms with Crippen LogP contribution in [0.1, 0.15) is 49.2 Å². The quantitative estimate of drug-likeness (QED) is 0.871. The lowest BCUT2D eigenvalue weighted by molar-refractivity contribution is -0.0516. The minimum Gasteiger partial charge on any atom is -0.370 e. The molecule has 0 saturated heterocycles. The minimum atomic E-state index is -0.282. The number of aryl methyl sites for hydroxylation is 1. The van der Waals surface area contributed by atoms with Crippen LogP contribution >= 0.6 is 0 Å². The highest BCUT2D eigenvalue weighted by atomic mass is 16.5. The van der Waals surface area contributed by atoms with Crippen LogP contribution < -0.4 is 5.73 Å². The fraction of sp³-hybridized carbons (Fsp3) is 0.692. The first-order valence-corrected chi connectivity index (χ1v) is 6.30. The molecule has 0 aliphatic heterocycles. The molecule has 0 spiro atoms. The summed E-state index contributed by atoms with van der Waals surface area (Å²) in [5, 5.41) is 0. The lowest BCUT2D eigenvalue weighted by Gasteiger charge is -2.34. The molecule has 4 nitrogen and oxygen atoms in total. The highest BCUT2D eigenvalue weighted by Gasteiger charge is 2.36. The van der Waals surface area contributed by atoms with E-state index in [-0.39, 0.29) is 5.60 Å². The second-order valence-corrected chi connectivity index (χ2v) is 4.79. The maximum atomic E-state index is 5.74. The fourth-order valence-corrected chi connectivity index (χ4v) is 2.55. The second kappa shape index (κ2) is 5.10. The van der Waals surface area contributed by atoms with Gasteiger partial charge in [-0.3, -0.25) is 0 Å². The topological polar surface area (TPSA) is 61.0 Å². The molecule has 1 aromatic heterocycles. The third kappa shape index (κ3) is 2.33. The van der Waals surface area contributed by atoms with Crippen molar-refractivity contribution in [3.8, 4) is 0 Å². The highest BCUT2D eigenvalue weighted by molar-refractivity contribution is 5.18. The maximum absolute atomic E-state index is 5.74. The van der Waals surface area contributed by atoms with Gasteiger partial charge in [-0.15, -0.1) is 0 Å². The smallest absolute Gasteiger partial charge is 0.160 e. The molecular weight excluding hydrogens is 214 g/mol. The summed E-state index contributed by atoms with van der Waals surface area (Å²) in [4.78, 5) is 9.06. The van der Waals surface area contributed by atoms with Gasteiger partial charge in [0.15, 0.2) is 5.82 Å². The molecule has 0 unspecified atom stereocenters. The zero-order chi connectivity index (χ0) is 12.3. The van der Waals surface area contributed by atoms with Gasteiger partial charge in [-0.25, -0.2) is 9.97 Å². The number of aromatic nitrogens is 2. The zero-order valence-corrected chi connectivity index (χ0v) is 10.7. The van der Waals surface area contributed by atoms with E-state index in [1.54, 1.807) is 7.11 Å². The van der Waals surface area contributed by atoms with Gasteiger partial charge in [0.05, 0.1) is 5.69 Å². The Labute approximate surface area is 103 Å². The van der Waals surface area contributed by atoms with Gasteiger partial charge in [0.25, 0.3) is 0 Å². The third-order valence-corrected chi connectivity index (χ3v) is 3.73. The number of nitrogens with two attached hydrogens (primary N) is 1. The molecule has 1 heterocycles. The van der Waals surface area contributed by atoms with Crippen LogP contribution in [0, 0.1) is 6.92 Å². The Bertz CT molecular complexity index is 386. The van der Waals surface area contributed by atoms with Crippen molar-refractivity contribution in [1.82, 2.24) is 9.97 Å². The Morgan fingerprint density at radius 3 is 2.65 bits per heavy atom. The molecule has 4 heteroatoms. The molecule has 1 aliphatic rings. The van der Waals surface area contributed by atoms with Gasteiger partial charge < -0.3 is 10.5 Å². The number of hydrogen-bond acceptors (Lipinski definition) is 4. The van der Waals surface area contributed by atoms with Crippen LogP contribution in [0.2, 0.25) is 0 Å². The first-order chi connectivity index (χ1) is 8.22. The molecule has 0 bridgehead atoms. The van der Waals surface area contributed by atoms with E-state index in [2.05, 4.69) is 9.97 Å². The van der Waals surface area contributed by atoms with Crippen molar-refractivity contribution in [3.05, 3.63) is 23.3 Å². The molecule has 0 amide bonds. The van der Waals surface area contributed by atoms with E-state index in [0.29, 0.717) is 6.54 Å². The van der Waals surface area contributed by atoms with E-state index in [4.69, 9.17) is 10.5 Å². The van der Waals surface area contributed by atoms with Crippen molar-refractivity contribution in [3.63, 3.8) is 0 Å². The number of ether oxygens (including phenoxy) is 1. The first kappa shape index (κ1) is 12.5. The van der Waals surface area contributed by atoms with Crippen molar-refractivity contribution < 1.29 is 4.74 Å². The molecule has 2 N–H and O–H groups in total. The molecule has 0 atom stereocenters. The van der Waals surface area contributed by atoms with E-state index in [0.717, 1.165) is 29.9 Å². The van der Waals surface area contributed by atoms with Crippen LogP contribution in [0.5, 0.6) is 0 Å². The number of methoxy groups -OCH3 is 1. The summed E-state index contributed by atoms with van der Waals surface area (Å²) in [5.41, 5.74) is 7.40. The summed E-state index contributed by atoms with van der Waals surface area (Å²) in [6, 6.07) is 0.